The van der Waals surface area contributed by atoms with E-state index in [1.54, 1.807) is 12.1 Å². The Labute approximate surface area is 98.1 Å². The number of carboxylic acids is 1. The van der Waals surface area contributed by atoms with E-state index in [1.165, 1.54) is 12.1 Å². The van der Waals surface area contributed by atoms with Crippen molar-refractivity contribution in [3.8, 4) is 0 Å². The van der Waals surface area contributed by atoms with Crippen LogP contribution in [0.2, 0.25) is 0 Å². The van der Waals surface area contributed by atoms with Crippen molar-refractivity contribution in [3.05, 3.63) is 35.4 Å². The van der Waals surface area contributed by atoms with Gasteiger partial charge >= 0.3 is 5.97 Å². The lowest BCUT2D eigenvalue weighted by Crippen LogP contribution is -2.21. The van der Waals surface area contributed by atoms with Gasteiger partial charge in [0.2, 0.25) is 0 Å². The molecule has 0 amide bonds. The van der Waals surface area contributed by atoms with Gasteiger partial charge in [-0.05, 0) is 18.1 Å². The highest BCUT2D eigenvalue weighted by atomic mass is 35.5. The minimum Gasteiger partial charge on any atom is -0.478 e. The van der Waals surface area contributed by atoms with Gasteiger partial charge in [-0.1, -0.05) is 18.2 Å². The van der Waals surface area contributed by atoms with Gasteiger partial charge in [-0.15, -0.1) is 11.6 Å². The Kier molecular flexibility index (Phi) is 4.73. The molecule has 5 heteroatoms. The van der Waals surface area contributed by atoms with Crippen molar-refractivity contribution in [3.63, 3.8) is 0 Å². The first-order chi connectivity index (χ1) is 7.57. The van der Waals surface area contributed by atoms with Crippen LogP contribution in [0.3, 0.4) is 0 Å². The molecule has 0 saturated carbocycles. The summed E-state index contributed by atoms with van der Waals surface area (Å²) in [4.78, 5) is 10.9. The van der Waals surface area contributed by atoms with Gasteiger partial charge in [-0.25, -0.2) is 4.79 Å². The van der Waals surface area contributed by atoms with Crippen LogP contribution in [0.5, 0.6) is 0 Å². The fraction of sp³-hybridized carbons (Fsp3) is 0.364. The summed E-state index contributed by atoms with van der Waals surface area (Å²) in [5.74, 6) is -0.930. The molecular formula is C11H13ClO4. The van der Waals surface area contributed by atoms with E-state index < -0.39 is 18.2 Å². The largest absolute Gasteiger partial charge is 0.478 e. The van der Waals surface area contributed by atoms with Crippen LogP contribution in [0, 0.1) is 0 Å². The third kappa shape index (κ3) is 2.95. The molecule has 2 unspecified atom stereocenters. The molecule has 16 heavy (non-hydrogen) atoms. The maximum Gasteiger partial charge on any atom is 0.336 e. The van der Waals surface area contributed by atoms with Crippen LogP contribution >= 0.6 is 11.6 Å². The second kappa shape index (κ2) is 5.84. The quantitative estimate of drug-likeness (QED) is 0.685. The normalized spacial score (nSPS) is 14.4. The Balaban J connectivity index is 2.98. The van der Waals surface area contributed by atoms with Crippen molar-refractivity contribution in [1.82, 2.24) is 0 Å². The van der Waals surface area contributed by atoms with Crippen molar-refractivity contribution in [2.24, 2.45) is 0 Å². The zero-order valence-corrected chi connectivity index (χ0v) is 9.26. The SMILES string of the molecule is O=C(O)c1ccccc1C(O)C(O)CCCl. The summed E-state index contributed by atoms with van der Waals surface area (Å²) in [5, 5.41) is 28.2. The summed E-state index contributed by atoms with van der Waals surface area (Å²) in [5.41, 5.74) is 0.191. The Morgan fingerprint density at radius 1 is 1.31 bits per heavy atom. The zero-order chi connectivity index (χ0) is 12.1. The third-order valence-corrected chi connectivity index (χ3v) is 2.50. The molecular weight excluding hydrogens is 232 g/mol. The van der Waals surface area contributed by atoms with Crippen molar-refractivity contribution < 1.29 is 20.1 Å². The molecule has 0 bridgehead atoms. The fourth-order valence-electron chi connectivity index (χ4n) is 1.43. The predicted molar refractivity (Wildman–Crippen MR) is 59.7 cm³/mol. The van der Waals surface area contributed by atoms with Gasteiger partial charge in [0, 0.05) is 5.88 Å². The molecule has 0 aliphatic heterocycles. The lowest BCUT2D eigenvalue weighted by molar-refractivity contribution is 0.0160. The van der Waals surface area contributed by atoms with Crippen molar-refractivity contribution in [2.75, 3.05) is 5.88 Å². The van der Waals surface area contributed by atoms with Crippen molar-refractivity contribution in [2.45, 2.75) is 18.6 Å². The Bertz CT molecular complexity index is 367. The summed E-state index contributed by atoms with van der Waals surface area (Å²) >= 11 is 5.44. The molecule has 1 rings (SSSR count). The number of carboxylic acid groups (broad SMARTS) is 1. The molecule has 4 nitrogen and oxygen atoms in total. The molecule has 0 fully saturated rings. The van der Waals surface area contributed by atoms with Gasteiger partial charge < -0.3 is 15.3 Å². The molecule has 0 aromatic heterocycles. The molecule has 1 aromatic rings. The Morgan fingerprint density at radius 2 is 1.94 bits per heavy atom. The number of alkyl halides is 1. The van der Waals surface area contributed by atoms with E-state index in [1.807, 2.05) is 0 Å². The highest BCUT2D eigenvalue weighted by molar-refractivity contribution is 6.17. The van der Waals surface area contributed by atoms with Crippen LogP contribution < -0.4 is 0 Å². The summed E-state index contributed by atoms with van der Waals surface area (Å²) < 4.78 is 0. The molecule has 0 spiro atoms. The lowest BCUT2D eigenvalue weighted by atomic mass is 9.97. The van der Waals surface area contributed by atoms with Crippen molar-refractivity contribution >= 4 is 17.6 Å². The molecule has 0 aliphatic carbocycles. The highest BCUT2D eigenvalue weighted by Crippen LogP contribution is 2.22. The lowest BCUT2D eigenvalue weighted by Gasteiger charge is -2.18. The molecule has 0 heterocycles. The van der Waals surface area contributed by atoms with Gasteiger partial charge in [-0.3, -0.25) is 0 Å². The number of aromatic carboxylic acids is 1. The number of benzene rings is 1. The average Bonchev–Trinajstić information content (AvgIpc) is 2.28. The minimum atomic E-state index is -1.23. The van der Waals surface area contributed by atoms with Gasteiger partial charge in [0.25, 0.3) is 0 Å². The van der Waals surface area contributed by atoms with Gasteiger partial charge in [-0.2, -0.15) is 0 Å². The van der Waals surface area contributed by atoms with E-state index in [0.29, 0.717) is 0 Å². The number of aliphatic hydroxyl groups is 2. The van der Waals surface area contributed by atoms with Gasteiger partial charge in [0.05, 0.1) is 11.7 Å². The Morgan fingerprint density at radius 3 is 2.50 bits per heavy atom. The van der Waals surface area contributed by atoms with Crippen molar-refractivity contribution in [1.29, 1.82) is 0 Å². The predicted octanol–water partition coefficient (Wildman–Crippen LogP) is 1.41. The maximum atomic E-state index is 10.9. The second-order valence-electron chi connectivity index (χ2n) is 3.38. The number of hydrogen-bond acceptors (Lipinski definition) is 3. The van der Waals surface area contributed by atoms with Crippen LogP contribution in [0.1, 0.15) is 28.4 Å². The molecule has 0 saturated heterocycles. The van der Waals surface area contributed by atoms with E-state index in [2.05, 4.69) is 0 Å². The third-order valence-electron chi connectivity index (χ3n) is 2.28. The maximum absolute atomic E-state index is 10.9. The molecule has 1 aromatic carbocycles. The average molecular weight is 245 g/mol. The first-order valence-electron chi connectivity index (χ1n) is 4.82. The van der Waals surface area contributed by atoms with E-state index in [-0.39, 0.29) is 23.4 Å². The highest BCUT2D eigenvalue weighted by Gasteiger charge is 2.22. The van der Waals surface area contributed by atoms with Crippen LogP contribution in [-0.4, -0.2) is 33.3 Å². The van der Waals surface area contributed by atoms with Crippen LogP contribution in [0.15, 0.2) is 24.3 Å². The number of rotatable bonds is 5. The molecule has 0 aliphatic rings. The monoisotopic (exact) mass is 244 g/mol. The number of halogens is 1. The topological polar surface area (TPSA) is 77.8 Å². The number of hydrogen-bond donors (Lipinski definition) is 3. The van der Waals surface area contributed by atoms with Gasteiger partial charge in [0.1, 0.15) is 6.10 Å². The molecule has 2 atom stereocenters. The smallest absolute Gasteiger partial charge is 0.336 e. The standard InChI is InChI=1S/C11H13ClO4/c12-6-5-9(13)10(14)7-3-1-2-4-8(7)11(15)16/h1-4,9-10,13-14H,5-6H2,(H,15,16). The zero-order valence-electron chi connectivity index (χ0n) is 8.51. The van der Waals surface area contributed by atoms with Crippen LogP contribution in [0.25, 0.3) is 0 Å². The van der Waals surface area contributed by atoms with E-state index in [9.17, 15) is 15.0 Å². The minimum absolute atomic E-state index is 0.0105. The molecule has 3 N–H and O–H groups in total. The summed E-state index contributed by atoms with van der Waals surface area (Å²) in [7, 11) is 0. The van der Waals surface area contributed by atoms with E-state index in [4.69, 9.17) is 16.7 Å². The number of carbonyl (C=O) groups is 1. The molecule has 0 radical (unpaired) electrons. The van der Waals surface area contributed by atoms with Gasteiger partial charge in [0.15, 0.2) is 0 Å². The first-order valence-corrected chi connectivity index (χ1v) is 5.35. The first kappa shape index (κ1) is 13.0. The summed E-state index contributed by atoms with van der Waals surface area (Å²) in [6.45, 7) is 0. The van der Waals surface area contributed by atoms with Crippen LogP contribution in [0.4, 0.5) is 0 Å². The fourth-order valence-corrected chi connectivity index (χ4v) is 1.65. The van der Waals surface area contributed by atoms with E-state index >= 15 is 0 Å². The number of aliphatic hydroxyl groups excluding tert-OH is 2. The van der Waals surface area contributed by atoms with Crippen LogP contribution in [-0.2, 0) is 0 Å². The van der Waals surface area contributed by atoms with E-state index in [0.717, 1.165) is 0 Å². The molecule has 88 valence electrons. The second-order valence-corrected chi connectivity index (χ2v) is 3.76. The summed E-state index contributed by atoms with van der Waals surface area (Å²) in [6.07, 6.45) is -2.08. The Hall–Kier alpha value is -1.10. The summed E-state index contributed by atoms with van der Waals surface area (Å²) in [6, 6.07) is 6.03.